The number of nitrogens with zero attached hydrogens (tertiary/aromatic N) is 2. The number of thioether (sulfide) groups is 1. The van der Waals surface area contributed by atoms with Crippen LogP contribution in [0.25, 0.3) is 0 Å². The molecule has 9 heteroatoms. The molecule has 0 spiro atoms. The third-order valence-electron chi connectivity index (χ3n) is 3.32. The highest BCUT2D eigenvalue weighted by Crippen LogP contribution is 2.44. The van der Waals surface area contributed by atoms with E-state index in [-0.39, 0.29) is 12.5 Å². The molecule has 2 rings (SSSR count). The summed E-state index contributed by atoms with van der Waals surface area (Å²) in [5, 5.41) is 0. The first-order valence-corrected chi connectivity index (χ1v) is 7.46. The van der Waals surface area contributed by atoms with Crippen LogP contribution in [0.1, 0.15) is 20.8 Å². The predicted octanol–water partition coefficient (Wildman–Crippen LogP) is 2.86. The minimum absolute atomic E-state index is 0.0206. The molecule has 1 aromatic rings. The first kappa shape index (κ1) is 16.9. The first-order valence-electron chi connectivity index (χ1n) is 6.48. The Bertz CT molecular complexity index is 586. The van der Waals surface area contributed by atoms with Gasteiger partial charge in [0.25, 0.3) is 11.9 Å². The number of ether oxygens (including phenoxy) is 1. The molecule has 0 radical (unpaired) electrons. The number of halogens is 4. The van der Waals surface area contributed by atoms with Crippen LogP contribution in [-0.4, -0.2) is 34.2 Å². The van der Waals surface area contributed by atoms with Gasteiger partial charge in [0, 0.05) is 4.75 Å². The number of carbonyl (C=O) groups is 1. The van der Waals surface area contributed by atoms with E-state index in [1.54, 1.807) is 20.8 Å². The van der Waals surface area contributed by atoms with Crippen molar-refractivity contribution in [2.75, 3.05) is 17.4 Å². The van der Waals surface area contributed by atoms with Crippen molar-refractivity contribution in [3.63, 3.8) is 0 Å². The Morgan fingerprint density at radius 3 is 2.36 bits per heavy atom. The molecule has 1 aliphatic rings. The van der Waals surface area contributed by atoms with Crippen molar-refractivity contribution in [1.82, 2.24) is 4.98 Å². The molecule has 1 unspecified atom stereocenters. The van der Waals surface area contributed by atoms with Crippen LogP contribution < -0.4 is 4.90 Å². The topological polar surface area (TPSA) is 42.4 Å². The van der Waals surface area contributed by atoms with Gasteiger partial charge < -0.3 is 9.64 Å². The van der Waals surface area contributed by atoms with Gasteiger partial charge in [0.15, 0.2) is 0 Å². The lowest BCUT2D eigenvalue weighted by atomic mass is 10.0. The molecule has 0 saturated carbocycles. The largest absolute Gasteiger partial charge is 0.464 e. The summed E-state index contributed by atoms with van der Waals surface area (Å²) < 4.78 is 58.6. The van der Waals surface area contributed by atoms with Gasteiger partial charge in [-0.05, 0) is 20.8 Å². The smallest absolute Gasteiger partial charge is 0.330 e. The quantitative estimate of drug-likeness (QED) is 0.482. The summed E-state index contributed by atoms with van der Waals surface area (Å²) in [7, 11) is 0. The molecule has 2 heterocycles. The van der Waals surface area contributed by atoms with Crippen LogP contribution in [0.3, 0.4) is 0 Å². The second-order valence-corrected chi connectivity index (χ2v) is 6.77. The van der Waals surface area contributed by atoms with Crippen LogP contribution in [0.5, 0.6) is 0 Å². The third-order valence-corrected chi connectivity index (χ3v) is 4.69. The minimum atomic E-state index is -1.76. The lowest BCUT2D eigenvalue weighted by molar-refractivity contribution is -0.145. The van der Waals surface area contributed by atoms with E-state index in [0.29, 0.717) is 0 Å². The Hall–Kier alpha value is -1.51. The molecular formula is C13H14F4N2O2S. The number of esters is 1. The number of anilines is 1. The van der Waals surface area contributed by atoms with E-state index in [0.717, 1.165) is 4.90 Å². The number of pyridine rings is 1. The van der Waals surface area contributed by atoms with E-state index in [1.807, 2.05) is 0 Å². The van der Waals surface area contributed by atoms with Crippen LogP contribution in [0.4, 0.5) is 23.2 Å². The Kier molecular flexibility index (Phi) is 4.55. The van der Waals surface area contributed by atoms with Gasteiger partial charge in [0.1, 0.15) is 11.7 Å². The summed E-state index contributed by atoms with van der Waals surface area (Å²) in [4.78, 5) is 15.6. The number of hydrogen-bond acceptors (Lipinski definition) is 5. The van der Waals surface area contributed by atoms with E-state index in [9.17, 15) is 22.4 Å². The molecule has 0 amide bonds. The maximum absolute atomic E-state index is 13.9. The van der Waals surface area contributed by atoms with Crippen LogP contribution in [0, 0.1) is 23.5 Å². The molecule has 1 fully saturated rings. The highest BCUT2D eigenvalue weighted by Gasteiger charge is 2.49. The number of hydrogen-bond donors (Lipinski definition) is 0. The second-order valence-electron chi connectivity index (χ2n) is 5.17. The lowest BCUT2D eigenvalue weighted by Crippen LogP contribution is -2.48. The normalized spacial score (nSPS) is 20.3. The van der Waals surface area contributed by atoms with Crippen molar-refractivity contribution >= 4 is 23.4 Å². The summed E-state index contributed by atoms with van der Waals surface area (Å²) in [6.07, 6.45) is 0. The van der Waals surface area contributed by atoms with E-state index in [4.69, 9.17) is 4.74 Å². The molecule has 122 valence electrons. The van der Waals surface area contributed by atoms with Crippen molar-refractivity contribution in [2.24, 2.45) is 0 Å². The van der Waals surface area contributed by atoms with Gasteiger partial charge in [-0.3, -0.25) is 0 Å². The van der Waals surface area contributed by atoms with Crippen molar-refractivity contribution < 1.29 is 27.1 Å². The van der Waals surface area contributed by atoms with E-state index >= 15 is 0 Å². The maximum atomic E-state index is 13.9. The Morgan fingerprint density at radius 1 is 1.32 bits per heavy atom. The zero-order valence-electron chi connectivity index (χ0n) is 12.1. The van der Waals surface area contributed by atoms with E-state index < -0.39 is 46.0 Å². The summed E-state index contributed by atoms with van der Waals surface area (Å²) in [5.41, 5.74) is -0.943. The van der Waals surface area contributed by atoms with Crippen molar-refractivity contribution in [3.05, 3.63) is 23.5 Å². The van der Waals surface area contributed by atoms with Gasteiger partial charge in [-0.15, -0.1) is 11.8 Å². The Labute approximate surface area is 128 Å². The molecule has 0 N–H and O–H groups in total. The first-order chi connectivity index (χ1) is 10.2. The van der Waals surface area contributed by atoms with Crippen LogP contribution >= 0.6 is 11.8 Å². The molecule has 1 aromatic heterocycles. The zero-order valence-corrected chi connectivity index (χ0v) is 12.9. The molecule has 0 bridgehead atoms. The summed E-state index contributed by atoms with van der Waals surface area (Å²) in [6.45, 7) is 5.03. The van der Waals surface area contributed by atoms with Gasteiger partial charge in [0.2, 0.25) is 11.6 Å². The lowest BCUT2D eigenvalue weighted by Gasteiger charge is -2.30. The molecule has 22 heavy (non-hydrogen) atoms. The van der Waals surface area contributed by atoms with Crippen LogP contribution in [0.2, 0.25) is 0 Å². The SMILES string of the molecule is CCOC(=O)C1N(c2c(F)c(F)nc(F)c2F)CSC1(C)C. The summed E-state index contributed by atoms with van der Waals surface area (Å²) >= 11 is 1.22. The van der Waals surface area contributed by atoms with Gasteiger partial charge in [-0.25, -0.2) is 4.79 Å². The van der Waals surface area contributed by atoms with Crippen molar-refractivity contribution in [3.8, 4) is 0 Å². The fourth-order valence-electron chi connectivity index (χ4n) is 2.32. The van der Waals surface area contributed by atoms with Crippen molar-refractivity contribution in [1.29, 1.82) is 0 Å². The monoisotopic (exact) mass is 338 g/mol. The van der Waals surface area contributed by atoms with Crippen LogP contribution in [-0.2, 0) is 9.53 Å². The van der Waals surface area contributed by atoms with Crippen molar-refractivity contribution in [2.45, 2.75) is 31.6 Å². The zero-order chi connectivity index (χ0) is 16.7. The number of aromatic nitrogens is 1. The van der Waals surface area contributed by atoms with Gasteiger partial charge in [0.05, 0.1) is 12.5 Å². The molecule has 1 atom stereocenters. The predicted molar refractivity (Wildman–Crippen MR) is 73.5 cm³/mol. The molecule has 0 aliphatic carbocycles. The molecule has 4 nitrogen and oxygen atoms in total. The maximum Gasteiger partial charge on any atom is 0.330 e. The average Bonchev–Trinajstić information content (AvgIpc) is 2.73. The Morgan fingerprint density at radius 2 is 1.86 bits per heavy atom. The molecular weight excluding hydrogens is 324 g/mol. The Balaban J connectivity index is 2.54. The molecule has 1 saturated heterocycles. The molecule has 0 aromatic carbocycles. The third kappa shape index (κ3) is 2.73. The fraction of sp³-hybridized carbons (Fsp3) is 0.538. The van der Waals surface area contributed by atoms with Gasteiger partial charge in [-0.2, -0.15) is 22.5 Å². The fourth-order valence-corrected chi connectivity index (χ4v) is 3.45. The highest BCUT2D eigenvalue weighted by atomic mass is 32.2. The second kappa shape index (κ2) is 5.94. The van der Waals surface area contributed by atoms with Gasteiger partial charge >= 0.3 is 5.97 Å². The minimum Gasteiger partial charge on any atom is -0.464 e. The molecule has 1 aliphatic heterocycles. The van der Waals surface area contributed by atoms with E-state index in [1.165, 1.54) is 11.8 Å². The van der Waals surface area contributed by atoms with Crippen LogP contribution in [0.15, 0.2) is 0 Å². The van der Waals surface area contributed by atoms with E-state index in [2.05, 4.69) is 4.98 Å². The number of carbonyl (C=O) groups excluding carboxylic acids is 1. The average molecular weight is 338 g/mol. The number of rotatable bonds is 3. The highest BCUT2D eigenvalue weighted by molar-refractivity contribution is 8.01. The standard InChI is InChI=1S/C13H14F4N2O2S/c1-4-21-12(20)9-13(2,3)22-5-19(9)8-6(14)10(16)18-11(17)7(8)15/h9H,4-5H2,1-3H3. The summed E-state index contributed by atoms with van der Waals surface area (Å²) in [5.74, 6) is -7.52. The summed E-state index contributed by atoms with van der Waals surface area (Å²) in [6, 6.07) is -1.08. The van der Waals surface area contributed by atoms with Gasteiger partial charge in [-0.1, -0.05) is 0 Å².